The average Bonchev–Trinajstić information content (AvgIpc) is 2.76. The van der Waals surface area contributed by atoms with Gasteiger partial charge in [-0.3, -0.25) is 9.59 Å². The van der Waals surface area contributed by atoms with Crippen molar-refractivity contribution in [2.45, 2.75) is 72.5 Å². The van der Waals surface area contributed by atoms with Crippen LogP contribution in [0.25, 0.3) is 0 Å². The van der Waals surface area contributed by atoms with Gasteiger partial charge in [-0.1, -0.05) is 51.1 Å². The SMILES string of the molecule is CC[C@@H](C)NC(=O)[C@@H](C)N(Cc1ccccc1C)C(=O)COc1ccc(C(C)C)cc1Br. The molecule has 0 aliphatic heterocycles. The third-order valence-corrected chi connectivity index (χ3v) is 6.36. The molecule has 2 atom stereocenters. The van der Waals surface area contributed by atoms with Gasteiger partial charge >= 0.3 is 0 Å². The molecule has 0 radical (unpaired) electrons. The average molecular weight is 503 g/mol. The standard InChI is InChI=1S/C26H35BrN2O3/c1-7-19(5)28-26(31)20(6)29(15-22-11-9-8-10-18(22)4)25(30)16-32-24-13-12-21(17(2)3)14-23(24)27/h8-14,17,19-20H,7,15-16H2,1-6H3,(H,28,31)/t19-,20-/m1/s1. The van der Waals surface area contributed by atoms with Gasteiger partial charge in [0.1, 0.15) is 11.8 Å². The van der Waals surface area contributed by atoms with Crippen LogP contribution in [0, 0.1) is 6.92 Å². The number of amides is 2. The maximum atomic E-state index is 13.2. The zero-order chi connectivity index (χ0) is 23.8. The van der Waals surface area contributed by atoms with Crippen LogP contribution in [0.4, 0.5) is 0 Å². The van der Waals surface area contributed by atoms with E-state index in [1.807, 2.05) is 63.2 Å². The van der Waals surface area contributed by atoms with Gasteiger partial charge in [-0.15, -0.1) is 0 Å². The summed E-state index contributed by atoms with van der Waals surface area (Å²) in [4.78, 5) is 27.6. The van der Waals surface area contributed by atoms with Crippen LogP contribution >= 0.6 is 15.9 Å². The molecule has 0 spiro atoms. The van der Waals surface area contributed by atoms with E-state index in [4.69, 9.17) is 4.74 Å². The third kappa shape index (κ3) is 7.09. The Balaban J connectivity index is 2.19. The molecule has 0 saturated heterocycles. The van der Waals surface area contributed by atoms with Crippen molar-refractivity contribution in [3.05, 3.63) is 63.6 Å². The molecule has 6 heteroatoms. The van der Waals surface area contributed by atoms with E-state index in [0.717, 1.165) is 22.0 Å². The van der Waals surface area contributed by atoms with Gasteiger partial charge in [0.15, 0.2) is 6.61 Å². The minimum Gasteiger partial charge on any atom is -0.483 e. The number of benzene rings is 2. The first-order chi connectivity index (χ1) is 15.1. The first-order valence-corrected chi connectivity index (χ1v) is 12.0. The van der Waals surface area contributed by atoms with Gasteiger partial charge in [0, 0.05) is 12.6 Å². The summed E-state index contributed by atoms with van der Waals surface area (Å²) in [5.41, 5.74) is 3.27. The number of ether oxygens (including phenoxy) is 1. The fraction of sp³-hybridized carbons (Fsp3) is 0.462. The largest absolute Gasteiger partial charge is 0.483 e. The van der Waals surface area contributed by atoms with Crippen molar-refractivity contribution in [3.63, 3.8) is 0 Å². The fourth-order valence-corrected chi connectivity index (χ4v) is 3.75. The Morgan fingerprint density at radius 3 is 2.38 bits per heavy atom. The van der Waals surface area contributed by atoms with E-state index in [9.17, 15) is 9.59 Å². The number of nitrogens with zero attached hydrogens (tertiary/aromatic N) is 1. The summed E-state index contributed by atoms with van der Waals surface area (Å²) >= 11 is 3.54. The summed E-state index contributed by atoms with van der Waals surface area (Å²) < 4.78 is 6.65. The van der Waals surface area contributed by atoms with E-state index in [1.165, 1.54) is 5.56 Å². The quantitative estimate of drug-likeness (QED) is 0.460. The summed E-state index contributed by atoms with van der Waals surface area (Å²) in [6.45, 7) is 12.2. The van der Waals surface area contributed by atoms with Crippen LogP contribution in [-0.2, 0) is 16.1 Å². The zero-order valence-electron chi connectivity index (χ0n) is 19.9. The van der Waals surface area contributed by atoms with E-state index < -0.39 is 6.04 Å². The molecule has 0 saturated carbocycles. The lowest BCUT2D eigenvalue weighted by Gasteiger charge is -2.30. The lowest BCUT2D eigenvalue weighted by molar-refractivity contribution is -0.142. The van der Waals surface area contributed by atoms with Crippen molar-refractivity contribution in [1.82, 2.24) is 10.2 Å². The molecule has 0 heterocycles. The molecule has 2 aromatic rings. The second-order valence-electron chi connectivity index (χ2n) is 8.58. The molecule has 0 fully saturated rings. The Hall–Kier alpha value is -2.34. The highest BCUT2D eigenvalue weighted by atomic mass is 79.9. The van der Waals surface area contributed by atoms with Gasteiger partial charge in [-0.25, -0.2) is 0 Å². The van der Waals surface area contributed by atoms with Crippen molar-refractivity contribution in [1.29, 1.82) is 0 Å². The van der Waals surface area contributed by atoms with E-state index in [1.54, 1.807) is 11.8 Å². The van der Waals surface area contributed by atoms with E-state index in [0.29, 0.717) is 18.2 Å². The molecule has 5 nitrogen and oxygen atoms in total. The minimum atomic E-state index is -0.619. The van der Waals surface area contributed by atoms with Crippen LogP contribution in [-0.4, -0.2) is 35.4 Å². The predicted molar refractivity (Wildman–Crippen MR) is 133 cm³/mol. The zero-order valence-corrected chi connectivity index (χ0v) is 21.5. The molecule has 1 N–H and O–H groups in total. The van der Waals surface area contributed by atoms with E-state index >= 15 is 0 Å². The summed E-state index contributed by atoms with van der Waals surface area (Å²) in [6, 6.07) is 13.2. The monoisotopic (exact) mass is 502 g/mol. The summed E-state index contributed by atoms with van der Waals surface area (Å²) in [5.74, 6) is 0.607. The predicted octanol–water partition coefficient (Wildman–Crippen LogP) is 5.59. The topological polar surface area (TPSA) is 58.6 Å². The van der Waals surface area contributed by atoms with Crippen LogP contribution in [0.15, 0.2) is 46.9 Å². The van der Waals surface area contributed by atoms with Crippen LogP contribution in [0.5, 0.6) is 5.75 Å². The van der Waals surface area contributed by atoms with Crippen LogP contribution in [0.3, 0.4) is 0 Å². The number of carbonyl (C=O) groups is 2. The first kappa shape index (κ1) is 25.9. The lowest BCUT2D eigenvalue weighted by Crippen LogP contribution is -2.50. The molecular weight excluding hydrogens is 468 g/mol. The number of carbonyl (C=O) groups excluding carboxylic acids is 2. The smallest absolute Gasteiger partial charge is 0.261 e. The maximum absolute atomic E-state index is 13.2. The highest BCUT2D eigenvalue weighted by Gasteiger charge is 2.27. The van der Waals surface area contributed by atoms with Gasteiger partial charge in [0.05, 0.1) is 4.47 Å². The van der Waals surface area contributed by atoms with E-state index in [2.05, 4.69) is 35.1 Å². The highest BCUT2D eigenvalue weighted by molar-refractivity contribution is 9.10. The molecule has 2 amide bonds. The third-order valence-electron chi connectivity index (χ3n) is 5.74. The van der Waals surface area contributed by atoms with Gasteiger partial charge in [0.2, 0.25) is 5.91 Å². The number of hydrogen-bond acceptors (Lipinski definition) is 3. The highest BCUT2D eigenvalue weighted by Crippen LogP contribution is 2.29. The Bertz CT molecular complexity index is 929. The molecule has 0 bridgehead atoms. The van der Waals surface area contributed by atoms with Gasteiger partial charge in [-0.05, 0) is 77.9 Å². The Labute approximate surface area is 200 Å². The van der Waals surface area contributed by atoms with Crippen molar-refractivity contribution in [2.75, 3.05) is 6.61 Å². The van der Waals surface area contributed by atoms with Gasteiger partial charge < -0.3 is 15.0 Å². The number of nitrogens with one attached hydrogen (secondary N) is 1. The molecule has 0 aliphatic carbocycles. The molecule has 2 rings (SSSR count). The van der Waals surface area contributed by atoms with Gasteiger partial charge in [0.25, 0.3) is 5.91 Å². The number of aryl methyl sites for hydroxylation is 1. The molecule has 0 aromatic heterocycles. The van der Waals surface area contributed by atoms with Crippen molar-refractivity contribution in [2.24, 2.45) is 0 Å². The second-order valence-corrected chi connectivity index (χ2v) is 9.43. The Morgan fingerprint density at radius 1 is 1.09 bits per heavy atom. The van der Waals surface area contributed by atoms with Crippen LogP contribution in [0.1, 0.15) is 63.6 Å². The number of hydrogen-bond donors (Lipinski definition) is 1. The van der Waals surface area contributed by atoms with Crippen molar-refractivity contribution >= 4 is 27.7 Å². The second kappa shape index (κ2) is 12.0. The number of halogens is 1. The normalized spacial score (nSPS) is 12.9. The maximum Gasteiger partial charge on any atom is 0.261 e. The lowest BCUT2D eigenvalue weighted by atomic mass is 10.0. The first-order valence-electron chi connectivity index (χ1n) is 11.2. The molecular formula is C26H35BrN2O3. The van der Waals surface area contributed by atoms with Crippen LogP contribution < -0.4 is 10.1 Å². The summed E-state index contributed by atoms with van der Waals surface area (Å²) in [5, 5.41) is 2.98. The molecule has 32 heavy (non-hydrogen) atoms. The van der Waals surface area contributed by atoms with E-state index in [-0.39, 0.29) is 24.5 Å². The van der Waals surface area contributed by atoms with Crippen LogP contribution in [0.2, 0.25) is 0 Å². The molecule has 174 valence electrons. The summed E-state index contributed by atoms with van der Waals surface area (Å²) in [7, 11) is 0. The summed E-state index contributed by atoms with van der Waals surface area (Å²) in [6.07, 6.45) is 0.827. The number of rotatable bonds is 10. The minimum absolute atomic E-state index is 0.0482. The van der Waals surface area contributed by atoms with Gasteiger partial charge in [-0.2, -0.15) is 0 Å². The molecule has 0 unspecified atom stereocenters. The Kier molecular flexibility index (Phi) is 9.76. The fourth-order valence-electron chi connectivity index (χ4n) is 3.23. The molecule has 2 aromatic carbocycles. The Morgan fingerprint density at radius 2 is 1.78 bits per heavy atom. The molecule has 0 aliphatic rings. The van der Waals surface area contributed by atoms with Crippen molar-refractivity contribution < 1.29 is 14.3 Å². The van der Waals surface area contributed by atoms with Crippen molar-refractivity contribution in [3.8, 4) is 5.75 Å².